The second-order valence-corrected chi connectivity index (χ2v) is 3.75. The molecule has 78 valence electrons. The molecule has 1 aliphatic heterocycles. The maximum Gasteiger partial charge on any atom is 0.0949 e. The van der Waals surface area contributed by atoms with Gasteiger partial charge in [-0.3, -0.25) is 4.90 Å². The van der Waals surface area contributed by atoms with Gasteiger partial charge in [-0.1, -0.05) is 12.1 Å². The van der Waals surface area contributed by atoms with Crippen molar-refractivity contribution < 1.29 is 5.21 Å². The van der Waals surface area contributed by atoms with E-state index in [1.165, 1.54) is 0 Å². The number of oxime groups is 1. The van der Waals surface area contributed by atoms with Crippen LogP contribution in [-0.4, -0.2) is 35.0 Å². The Kier molecular flexibility index (Phi) is 3.90. The predicted octanol–water partition coefficient (Wildman–Crippen LogP) is 1.46. The number of nitriles is 1. The molecular formula is C10H17N3O. The molecule has 2 unspecified atom stereocenters. The lowest BCUT2D eigenvalue weighted by Crippen LogP contribution is -2.44. The van der Waals surface area contributed by atoms with Crippen LogP contribution in [0.25, 0.3) is 0 Å². The van der Waals surface area contributed by atoms with Crippen molar-refractivity contribution >= 4 is 5.71 Å². The summed E-state index contributed by atoms with van der Waals surface area (Å²) in [6.45, 7) is 5.65. The Balaban J connectivity index is 2.62. The van der Waals surface area contributed by atoms with Crippen molar-refractivity contribution in [2.75, 3.05) is 13.1 Å². The van der Waals surface area contributed by atoms with Crippen LogP contribution in [0, 0.1) is 17.2 Å². The maximum atomic E-state index is 8.80. The molecule has 1 saturated heterocycles. The van der Waals surface area contributed by atoms with Crippen LogP contribution in [0.3, 0.4) is 0 Å². The van der Waals surface area contributed by atoms with Crippen LogP contribution < -0.4 is 0 Å². The summed E-state index contributed by atoms with van der Waals surface area (Å²) in [7, 11) is 0. The van der Waals surface area contributed by atoms with Gasteiger partial charge < -0.3 is 5.21 Å². The molecule has 4 heteroatoms. The molecule has 4 nitrogen and oxygen atoms in total. The van der Waals surface area contributed by atoms with Crippen molar-refractivity contribution in [3.8, 4) is 6.07 Å². The van der Waals surface area contributed by atoms with Crippen LogP contribution in [0.1, 0.15) is 26.7 Å². The molecule has 1 aliphatic rings. The smallest absolute Gasteiger partial charge is 0.0949 e. The minimum atomic E-state index is -0.0377. The topological polar surface area (TPSA) is 59.6 Å². The van der Waals surface area contributed by atoms with Crippen LogP contribution >= 0.6 is 0 Å². The highest BCUT2D eigenvalue weighted by Gasteiger charge is 2.27. The second-order valence-electron chi connectivity index (χ2n) is 3.75. The van der Waals surface area contributed by atoms with Gasteiger partial charge in [-0.25, -0.2) is 0 Å². The third-order valence-electron chi connectivity index (χ3n) is 2.94. The molecule has 14 heavy (non-hydrogen) atoms. The molecule has 0 aromatic heterocycles. The van der Waals surface area contributed by atoms with Gasteiger partial charge >= 0.3 is 0 Å². The van der Waals surface area contributed by atoms with E-state index in [2.05, 4.69) is 23.0 Å². The zero-order chi connectivity index (χ0) is 10.6. The zero-order valence-electron chi connectivity index (χ0n) is 8.77. The summed E-state index contributed by atoms with van der Waals surface area (Å²) < 4.78 is 0. The summed E-state index contributed by atoms with van der Waals surface area (Å²) in [6, 6.07) is 2.20. The van der Waals surface area contributed by atoms with Crippen LogP contribution in [0.2, 0.25) is 0 Å². The van der Waals surface area contributed by atoms with Crippen LogP contribution in [0.15, 0.2) is 5.16 Å². The molecule has 2 atom stereocenters. The molecule has 0 aliphatic carbocycles. The quantitative estimate of drug-likeness (QED) is 0.536. The largest absolute Gasteiger partial charge is 0.411 e. The number of nitrogens with zero attached hydrogens (tertiary/aromatic N) is 3. The van der Waals surface area contributed by atoms with Gasteiger partial charge in [-0.15, -0.1) is 0 Å². The molecule has 0 aromatic rings. The fourth-order valence-electron chi connectivity index (χ4n) is 1.87. The van der Waals surface area contributed by atoms with E-state index in [9.17, 15) is 0 Å². The Morgan fingerprint density at radius 1 is 1.79 bits per heavy atom. The van der Waals surface area contributed by atoms with E-state index >= 15 is 0 Å². The summed E-state index contributed by atoms with van der Waals surface area (Å²) in [6.07, 6.45) is 1.75. The monoisotopic (exact) mass is 195 g/mol. The number of rotatable bonds is 2. The zero-order valence-corrected chi connectivity index (χ0v) is 8.77. The van der Waals surface area contributed by atoms with E-state index in [0.717, 1.165) is 31.6 Å². The molecule has 0 radical (unpaired) electrons. The van der Waals surface area contributed by atoms with E-state index < -0.39 is 0 Å². The average molecular weight is 195 g/mol. The van der Waals surface area contributed by atoms with Gasteiger partial charge in [0.15, 0.2) is 0 Å². The van der Waals surface area contributed by atoms with Crippen molar-refractivity contribution in [3.05, 3.63) is 0 Å². The summed E-state index contributed by atoms with van der Waals surface area (Å²) >= 11 is 0. The number of hydrogen-bond donors (Lipinski definition) is 1. The number of likely N-dealkylation sites (tertiary alicyclic amines) is 1. The molecule has 0 aromatic carbocycles. The average Bonchev–Trinajstić information content (AvgIpc) is 2.26. The Morgan fingerprint density at radius 2 is 2.50 bits per heavy atom. The Bertz CT molecular complexity index is 257. The lowest BCUT2D eigenvalue weighted by atomic mass is 9.92. The first-order chi connectivity index (χ1) is 6.72. The summed E-state index contributed by atoms with van der Waals surface area (Å²) in [4.78, 5) is 2.14. The van der Waals surface area contributed by atoms with E-state index in [4.69, 9.17) is 10.5 Å². The van der Waals surface area contributed by atoms with Crippen LogP contribution in [0.4, 0.5) is 0 Å². The van der Waals surface area contributed by atoms with Gasteiger partial charge in [0.1, 0.15) is 0 Å². The van der Waals surface area contributed by atoms with E-state index in [0.29, 0.717) is 5.92 Å². The van der Waals surface area contributed by atoms with Gasteiger partial charge in [0.25, 0.3) is 0 Å². The van der Waals surface area contributed by atoms with Crippen LogP contribution in [0.5, 0.6) is 0 Å². The van der Waals surface area contributed by atoms with Crippen molar-refractivity contribution in [2.45, 2.75) is 32.7 Å². The molecule has 1 fully saturated rings. The lowest BCUT2D eigenvalue weighted by molar-refractivity contribution is 0.206. The SMILES string of the molecule is CCC1CN(C(C)C#N)CCC1=NO. The molecule has 0 amide bonds. The highest BCUT2D eigenvalue weighted by Crippen LogP contribution is 2.18. The van der Waals surface area contributed by atoms with Gasteiger partial charge in [-0.2, -0.15) is 5.26 Å². The Morgan fingerprint density at radius 3 is 3.00 bits per heavy atom. The van der Waals surface area contributed by atoms with Gasteiger partial charge in [-0.05, 0) is 13.3 Å². The Labute approximate surface area is 84.8 Å². The second kappa shape index (κ2) is 4.97. The molecule has 0 saturated carbocycles. The molecule has 0 spiro atoms. The van der Waals surface area contributed by atoms with Crippen molar-refractivity contribution in [3.63, 3.8) is 0 Å². The van der Waals surface area contributed by atoms with Gasteiger partial charge in [0.2, 0.25) is 0 Å². The third kappa shape index (κ3) is 2.24. The van der Waals surface area contributed by atoms with Crippen molar-refractivity contribution in [1.82, 2.24) is 4.90 Å². The highest BCUT2D eigenvalue weighted by molar-refractivity contribution is 5.87. The molecule has 1 rings (SSSR count). The molecule has 1 heterocycles. The highest BCUT2D eigenvalue weighted by atomic mass is 16.4. The Hall–Kier alpha value is -1.08. The van der Waals surface area contributed by atoms with Crippen molar-refractivity contribution in [2.24, 2.45) is 11.1 Å². The van der Waals surface area contributed by atoms with E-state index in [1.54, 1.807) is 0 Å². The molecule has 1 N–H and O–H groups in total. The standard InChI is InChI=1S/C10H17N3O/c1-3-9-7-13(8(2)6-11)5-4-10(9)12-14/h8-9,14H,3-5,7H2,1-2H3. The summed E-state index contributed by atoms with van der Waals surface area (Å²) in [5, 5.41) is 20.9. The normalized spacial score (nSPS) is 28.6. The fraction of sp³-hybridized carbons (Fsp3) is 0.800. The first-order valence-electron chi connectivity index (χ1n) is 5.07. The number of piperidine rings is 1. The first kappa shape index (κ1) is 11.0. The predicted molar refractivity (Wildman–Crippen MR) is 54.3 cm³/mol. The third-order valence-corrected chi connectivity index (χ3v) is 2.94. The van der Waals surface area contributed by atoms with Crippen LogP contribution in [-0.2, 0) is 0 Å². The fourth-order valence-corrected chi connectivity index (χ4v) is 1.87. The first-order valence-corrected chi connectivity index (χ1v) is 5.07. The van der Waals surface area contributed by atoms with Gasteiger partial charge in [0, 0.05) is 25.4 Å². The minimum Gasteiger partial charge on any atom is -0.411 e. The van der Waals surface area contributed by atoms with E-state index in [-0.39, 0.29) is 6.04 Å². The maximum absolute atomic E-state index is 8.80. The number of hydrogen-bond acceptors (Lipinski definition) is 4. The van der Waals surface area contributed by atoms with Crippen molar-refractivity contribution in [1.29, 1.82) is 5.26 Å². The summed E-state index contributed by atoms with van der Waals surface area (Å²) in [5.74, 6) is 0.310. The van der Waals surface area contributed by atoms with E-state index in [1.807, 2.05) is 6.92 Å². The molecule has 0 bridgehead atoms. The lowest BCUT2D eigenvalue weighted by Gasteiger charge is -2.34. The molecular weight excluding hydrogens is 178 g/mol. The summed E-state index contributed by atoms with van der Waals surface area (Å²) in [5.41, 5.74) is 0.883. The van der Waals surface area contributed by atoms with Gasteiger partial charge in [0.05, 0.1) is 17.8 Å². The minimum absolute atomic E-state index is 0.0377.